The number of imidazole rings is 1. The highest BCUT2D eigenvalue weighted by Crippen LogP contribution is 2.26. The van der Waals surface area contributed by atoms with Gasteiger partial charge in [0.1, 0.15) is 0 Å². The largest absolute Gasteiger partial charge is 0.355 e. The molecule has 0 saturated carbocycles. The van der Waals surface area contributed by atoms with E-state index < -0.39 is 0 Å². The van der Waals surface area contributed by atoms with Crippen molar-refractivity contribution in [3.8, 4) is 5.69 Å². The molecule has 0 aliphatic carbocycles. The third-order valence-corrected chi connectivity index (χ3v) is 3.92. The highest BCUT2D eigenvalue weighted by atomic mass is 79.9. The van der Waals surface area contributed by atoms with Crippen LogP contribution in [0.1, 0.15) is 25.3 Å². The lowest BCUT2D eigenvalue weighted by atomic mass is 10.2. The zero-order valence-corrected chi connectivity index (χ0v) is 12.4. The molecule has 0 aliphatic heterocycles. The molecule has 18 heavy (non-hydrogen) atoms. The van der Waals surface area contributed by atoms with E-state index >= 15 is 0 Å². The van der Waals surface area contributed by atoms with Crippen LogP contribution in [0, 0.1) is 6.92 Å². The molecule has 0 aliphatic rings. The smallest absolute Gasteiger partial charge is 0.207 e. The molecular formula is C14H18BrN3. The van der Waals surface area contributed by atoms with Crippen molar-refractivity contribution in [2.75, 3.05) is 11.9 Å². The third-order valence-electron chi connectivity index (χ3n) is 2.89. The monoisotopic (exact) mass is 307 g/mol. The zero-order chi connectivity index (χ0) is 13.0. The highest BCUT2D eigenvalue weighted by Gasteiger charge is 2.08. The Labute approximate surface area is 116 Å². The normalized spacial score (nSPS) is 10.6. The lowest BCUT2D eigenvalue weighted by Gasteiger charge is -2.12. The van der Waals surface area contributed by atoms with Gasteiger partial charge in [0.05, 0.1) is 5.69 Å². The Kier molecular flexibility index (Phi) is 4.42. The molecule has 0 radical (unpaired) electrons. The molecule has 96 valence electrons. The quantitative estimate of drug-likeness (QED) is 0.841. The Hall–Kier alpha value is -1.29. The van der Waals surface area contributed by atoms with E-state index in [4.69, 9.17) is 0 Å². The summed E-state index contributed by atoms with van der Waals surface area (Å²) in [5.74, 6) is 0.898. The van der Waals surface area contributed by atoms with Crippen molar-refractivity contribution in [2.24, 2.45) is 0 Å². The van der Waals surface area contributed by atoms with Gasteiger partial charge in [-0.2, -0.15) is 0 Å². The number of nitrogens with zero attached hydrogens (tertiary/aromatic N) is 2. The van der Waals surface area contributed by atoms with Gasteiger partial charge in [0.25, 0.3) is 0 Å². The van der Waals surface area contributed by atoms with Crippen LogP contribution in [0.5, 0.6) is 0 Å². The van der Waals surface area contributed by atoms with Crippen molar-refractivity contribution in [1.82, 2.24) is 9.55 Å². The van der Waals surface area contributed by atoms with Crippen LogP contribution in [0.4, 0.5) is 5.95 Å². The zero-order valence-electron chi connectivity index (χ0n) is 10.8. The van der Waals surface area contributed by atoms with Gasteiger partial charge < -0.3 is 5.32 Å². The average molecular weight is 308 g/mol. The number of aromatic nitrogens is 2. The number of unbranched alkanes of at least 4 members (excludes halogenated alkanes) is 1. The van der Waals surface area contributed by atoms with Crippen LogP contribution in [-0.2, 0) is 0 Å². The SMILES string of the molecule is CCCCNc1nccn1-c1cccc(C)c1Br. The van der Waals surface area contributed by atoms with Crippen LogP contribution >= 0.6 is 15.9 Å². The summed E-state index contributed by atoms with van der Waals surface area (Å²) in [5, 5.41) is 3.37. The van der Waals surface area contributed by atoms with E-state index in [0.717, 1.165) is 29.1 Å². The van der Waals surface area contributed by atoms with Crippen molar-refractivity contribution in [3.05, 3.63) is 40.6 Å². The molecule has 1 aromatic heterocycles. The van der Waals surface area contributed by atoms with Crippen LogP contribution in [0.2, 0.25) is 0 Å². The fraction of sp³-hybridized carbons (Fsp3) is 0.357. The maximum absolute atomic E-state index is 4.37. The molecule has 1 heterocycles. The van der Waals surface area contributed by atoms with Crippen LogP contribution < -0.4 is 5.32 Å². The van der Waals surface area contributed by atoms with Crippen molar-refractivity contribution >= 4 is 21.9 Å². The number of aryl methyl sites for hydroxylation is 1. The lowest BCUT2D eigenvalue weighted by molar-refractivity contribution is 0.823. The second-order valence-corrected chi connectivity index (χ2v) is 5.10. The summed E-state index contributed by atoms with van der Waals surface area (Å²) in [4.78, 5) is 4.37. The van der Waals surface area contributed by atoms with Gasteiger partial charge in [0.2, 0.25) is 5.95 Å². The Balaban J connectivity index is 2.28. The Morgan fingerprint density at radius 2 is 2.22 bits per heavy atom. The first-order valence-electron chi connectivity index (χ1n) is 6.26. The fourth-order valence-corrected chi connectivity index (χ4v) is 2.28. The molecule has 2 rings (SSSR count). The minimum atomic E-state index is 0.898. The fourth-order valence-electron chi connectivity index (χ4n) is 1.82. The molecule has 0 atom stereocenters. The predicted molar refractivity (Wildman–Crippen MR) is 79.4 cm³/mol. The molecule has 0 amide bonds. The molecule has 0 fully saturated rings. The van der Waals surface area contributed by atoms with E-state index in [1.807, 2.05) is 12.4 Å². The number of anilines is 1. The average Bonchev–Trinajstić information content (AvgIpc) is 2.81. The Morgan fingerprint density at radius 3 is 3.00 bits per heavy atom. The molecule has 1 aromatic carbocycles. The van der Waals surface area contributed by atoms with Gasteiger partial charge in [-0.25, -0.2) is 4.98 Å². The van der Waals surface area contributed by atoms with E-state index in [9.17, 15) is 0 Å². The molecule has 0 unspecified atom stereocenters. The van der Waals surface area contributed by atoms with Gasteiger partial charge in [-0.05, 0) is 40.9 Å². The van der Waals surface area contributed by atoms with Crippen LogP contribution in [0.15, 0.2) is 35.1 Å². The second-order valence-electron chi connectivity index (χ2n) is 4.31. The topological polar surface area (TPSA) is 29.9 Å². The van der Waals surface area contributed by atoms with Crippen LogP contribution in [0.3, 0.4) is 0 Å². The number of benzene rings is 1. The minimum Gasteiger partial charge on any atom is -0.355 e. The number of hydrogen-bond acceptors (Lipinski definition) is 2. The number of nitrogens with one attached hydrogen (secondary N) is 1. The second kappa shape index (κ2) is 6.05. The number of halogens is 1. The minimum absolute atomic E-state index is 0.898. The molecule has 1 N–H and O–H groups in total. The number of hydrogen-bond donors (Lipinski definition) is 1. The molecule has 4 heteroatoms. The molecular weight excluding hydrogens is 290 g/mol. The third kappa shape index (κ3) is 2.75. The summed E-state index contributed by atoms with van der Waals surface area (Å²) < 4.78 is 3.19. The summed E-state index contributed by atoms with van der Waals surface area (Å²) >= 11 is 3.64. The Bertz CT molecular complexity index is 520. The maximum Gasteiger partial charge on any atom is 0.207 e. The number of rotatable bonds is 5. The summed E-state index contributed by atoms with van der Waals surface area (Å²) in [6, 6.07) is 6.24. The summed E-state index contributed by atoms with van der Waals surface area (Å²) in [6.07, 6.45) is 6.14. The van der Waals surface area contributed by atoms with Gasteiger partial charge in [0.15, 0.2) is 0 Å². The summed E-state index contributed by atoms with van der Waals surface area (Å²) in [6.45, 7) is 5.23. The predicted octanol–water partition coefficient (Wildman–Crippen LogP) is 4.16. The van der Waals surface area contributed by atoms with Gasteiger partial charge in [-0.3, -0.25) is 4.57 Å². The summed E-state index contributed by atoms with van der Waals surface area (Å²) in [7, 11) is 0. The van der Waals surface area contributed by atoms with Gasteiger partial charge >= 0.3 is 0 Å². The first kappa shape index (κ1) is 13.1. The van der Waals surface area contributed by atoms with Gasteiger partial charge in [-0.1, -0.05) is 25.5 Å². The Morgan fingerprint density at radius 1 is 1.39 bits per heavy atom. The standard InChI is InChI=1S/C14H18BrN3/c1-3-4-8-16-14-17-9-10-18(14)12-7-5-6-11(2)13(12)15/h5-7,9-10H,3-4,8H2,1-2H3,(H,16,17). The lowest BCUT2D eigenvalue weighted by Crippen LogP contribution is -2.07. The highest BCUT2D eigenvalue weighted by molar-refractivity contribution is 9.10. The van der Waals surface area contributed by atoms with E-state index in [1.165, 1.54) is 12.0 Å². The first-order chi connectivity index (χ1) is 8.74. The first-order valence-corrected chi connectivity index (χ1v) is 7.06. The molecule has 3 nitrogen and oxygen atoms in total. The van der Waals surface area contributed by atoms with Crippen LogP contribution in [0.25, 0.3) is 5.69 Å². The van der Waals surface area contributed by atoms with E-state index in [1.54, 1.807) is 0 Å². The maximum atomic E-state index is 4.37. The van der Waals surface area contributed by atoms with Gasteiger partial charge in [-0.15, -0.1) is 0 Å². The molecule has 0 bridgehead atoms. The molecule has 0 saturated heterocycles. The van der Waals surface area contributed by atoms with Crippen molar-refractivity contribution in [3.63, 3.8) is 0 Å². The van der Waals surface area contributed by atoms with Crippen molar-refractivity contribution in [2.45, 2.75) is 26.7 Å². The molecule has 0 spiro atoms. The molecule has 2 aromatic rings. The van der Waals surface area contributed by atoms with E-state index in [2.05, 4.69) is 62.8 Å². The van der Waals surface area contributed by atoms with Crippen LogP contribution in [-0.4, -0.2) is 16.1 Å². The van der Waals surface area contributed by atoms with Crippen molar-refractivity contribution in [1.29, 1.82) is 0 Å². The summed E-state index contributed by atoms with van der Waals surface area (Å²) in [5.41, 5.74) is 2.34. The van der Waals surface area contributed by atoms with E-state index in [-0.39, 0.29) is 0 Å². The van der Waals surface area contributed by atoms with Gasteiger partial charge in [0, 0.05) is 23.4 Å². The van der Waals surface area contributed by atoms with Crippen molar-refractivity contribution < 1.29 is 0 Å². The van der Waals surface area contributed by atoms with E-state index in [0.29, 0.717) is 0 Å².